The fourth-order valence-corrected chi connectivity index (χ4v) is 5.38. The summed E-state index contributed by atoms with van der Waals surface area (Å²) in [6, 6.07) is 14.3. The van der Waals surface area contributed by atoms with Gasteiger partial charge in [0.25, 0.3) is 0 Å². The molecule has 1 aromatic carbocycles. The molecule has 0 bridgehead atoms. The Balaban J connectivity index is 1.45. The van der Waals surface area contributed by atoms with E-state index in [9.17, 15) is 0 Å². The predicted octanol–water partition coefficient (Wildman–Crippen LogP) is 4.95. The number of aryl methyl sites for hydroxylation is 1. The number of nitrogen functional groups attached to an aromatic ring is 1. The molecule has 0 saturated heterocycles. The molecule has 0 unspecified atom stereocenters. The Bertz CT molecular complexity index is 1530. The number of hydrogen-bond donors (Lipinski definition) is 1. The first-order valence-corrected chi connectivity index (χ1v) is 12.1. The highest BCUT2D eigenvalue weighted by molar-refractivity contribution is 5.92. The number of benzene rings is 1. The minimum absolute atomic E-state index is 0.430. The summed E-state index contributed by atoms with van der Waals surface area (Å²) in [6.07, 6.45) is 7.83. The minimum atomic E-state index is 0.430. The summed E-state index contributed by atoms with van der Waals surface area (Å²) in [4.78, 5) is 21.2. The fraction of sp³-hybridized carbons (Fsp3) is 0.286. The van der Waals surface area contributed by atoms with Gasteiger partial charge >= 0.3 is 0 Å². The molecule has 2 N–H and O–H groups in total. The molecule has 0 aliphatic heterocycles. The first-order chi connectivity index (χ1) is 17.0. The molecule has 0 spiro atoms. The van der Waals surface area contributed by atoms with Crippen molar-refractivity contribution in [2.75, 3.05) is 26.4 Å². The van der Waals surface area contributed by atoms with Crippen molar-refractivity contribution in [1.29, 1.82) is 0 Å². The van der Waals surface area contributed by atoms with E-state index in [1.54, 1.807) is 12.4 Å². The SMILES string of the molecule is Cc1cc(-c2ccccn2)nc2cc(-c3nc(C4CC(CN(C)C)C4)n4ccnc(N)c34)ccc12. The monoisotopic (exact) mass is 463 g/mol. The molecule has 1 aliphatic rings. The molecule has 1 fully saturated rings. The van der Waals surface area contributed by atoms with Crippen molar-refractivity contribution in [1.82, 2.24) is 29.2 Å². The highest BCUT2D eigenvalue weighted by Crippen LogP contribution is 2.43. The van der Waals surface area contributed by atoms with Gasteiger partial charge in [0.2, 0.25) is 0 Å². The van der Waals surface area contributed by atoms with Gasteiger partial charge in [0.05, 0.1) is 16.9 Å². The van der Waals surface area contributed by atoms with Gasteiger partial charge in [-0.05, 0) is 69.6 Å². The van der Waals surface area contributed by atoms with Crippen LogP contribution < -0.4 is 5.73 Å². The van der Waals surface area contributed by atoms with E-state index in [-0.39, 0.29) is 0 Å². The summed E-state index contributed by atoms with van der Waals surface area (Å²) in [5.74, 6) is 2.71. The summed E-state index contributed by atoms with van der Waals surface area (Å²) >= 11 is 0. The van der Waals surface area contributed by atoms with Crippen LogP contribution in [0.5, 0.6) is 0 Å². The average molecular weight is 464 g/mol. The largest absolute Gasteiger partial charge is 0.382 e. The first kappa shape index (κ1) is 21.7. The molecule has 176 valence electrons. The summed E-state index contributed by atoms with van der Waals surface area (Å²) in [5.41, 5.74) is 12.9. The van der Waals surface area contributed by atoms with Crippen LogP contribution in [0.1, 0.15) is 30.1 Å². The normalized spacial score (nSPS) is 17.8. The maximum atomic E-state index is 6.39. The van der Waals surface area contributed by atoms with Gasteiger partial charge in [-0.25, -0.2) is 15.0 Å². The summed E-state index contributed by atoms with van der Waals surface area (Å²) in [6.45, 7) is 3.23. The smallest absolute Gasteiger partial charge is 0.150 e. The standard InChI is InChI=1S/C28H29N7/c1-17-12-24(22-6-4-5-9-30-22)32-23-15-19(7-8-21(17)23)25-26-27(29)31-10-11-35(26)28(33-25)20-13-18(14-20)16-34(2)3/h4-12,15,18,20H,13-14,16H2,1-3H3,(H2,29,31). The summed E-state index contributed by atoms with van der Waals surface area (Å²) < 4.78 is 2.14. The van der Waals surface area contributed by atoms with Crippen molar-refractivity contribution in [3.05, 3.63) is 72.4 Å². The van der Waals surface area contributed by atoms with Gasteiger partial charge in [-0.15, -0.1) is 0 Å². The molecule has 5 aromatic rings. The number of hydrogen-bond acceptors (Lipinski definition) is 6. The van der Waals surface area contributed by atoms with Crippen LogP contribution in [-0.2, 0) is 0 Å². The number of pyridine rings is 2. The van der Waals surface area contributed by atoms with Crippen LogP contribution in [-0.4, -0.2) is 49.9 Å². The lowest BCUT2D eigenvalue weighted by Crippen LogP contribution is -2.32. The van der Waals surface area contributed by atoms with Crippen LogP contribution in [0.4, 0.5) is 5.82 Å². The number of anilines is 1. The van der Waals surface area contributed by atoms with Crippen LogP contribution in [0.3, 0.4) is 0 Å². The van der Waals surface area contributed by atoms with Gasteiger partial charge in [-0.2, -0.15) is 0 Å². The summed E-state index contributed by atoms with van der Waals surface area (Å²) in [5, 5.41) is 1.12. The van der Waals surface area contributed by atoms with Gasteiger partial charge in [0.1, 0.15) is 22.9 Å². The van der Waals surface area contributed by atoms with Crippen LogP contribution in [0.2, 0.25) is 0 Å². The second-order valence-corrected chi connectivity index (χ2v) is 9.92. The Labute approximate surface area is 204 Å². The fourth-order valence-electron chi connectivity index (χ4n) is 5.38. The number of nitrogens with zero attached hydrogens (tertiary/aromatic N) is 6. The maximum absolute atomic E-state index is 6.39. The second-order valence-electron chi connectivity index (χ2n) is 9.92. The predicted molar refractivity (Wildman–Crippen MR) is 140 cm³/mol. The van der Waals surface area contributed by atoms with Crippen molar-refractivity contribution in [2.24, 2.45) is 5.92 Å². The van der Waals surface area contributed by atoms with Crippen LogP contribution >= 0.6 is 0 Å². The molecule has 35 heavy (non-hydrogen) atoms. The second kappa shape index (κ2) is 8.43. The molecule has 1 saturated carbocycles. The van der Waals surface area contributed by atoms with Crippen molar-refractivity contribution in [2.45, 2.75) is 25.7 Å². The molecule has 6 rings (SSSR count). The van der Waals surface area contributed by atoms with Crippen molar-refractivity contribution >= 4 is 22.2 Å². The topological polar surface area (TPSA) is 85.2 Å². The van der Waals surface area contributed by atoms with Gasteiger partial charge in [0.15, 0.2) is 0 Å². The van der Waals surface area contributed by atoms with E-state index >= 15 is 0 Å². The zero-order valence-electron chi connectivity index (χ0n) is 20.3. The number of nitrogens with two attached hydrogens (primary N) is 1. The van der Waals surface area contributed by atoms with Crippen molar-refractivity contribution < 1.29 is 0 Å². The number of rotatable bonds is 5. The molecule has 0 atom stereocenters. The van der Waals surface area contributed by atoms with Gasteiger partial charge in [-0.1, -0.05) is 18.2 Å². The molecular formula is C28H29N7. The third-order valence-electron chi connectivity index (χ3n) is 7.05. The lowest BCUT2D eigenvalue weighted by atomic mass is 9.74. The Kier molecular flexibility index (Phi) is 5.22. The minimum Gasteiger partial charge on any atom is -0.382 e. The quantitative estimate of drug-likeness (QED) is 0.397. The van der Waals surface area contributed by atoms with Crippen LogP contribution in [0.15, 0.2) is 61.1 Å². The molecule has 0 amide bonds. The number of aromatic nitrogens is 5. The molecule has 4 aromatic heterocycles. The zero-order chi connectivity index (χ0) is 24.1. The highest BCUT2D eigenvalue weighted by atomic mass is 15.1. The number of fused-ring (bicyclic) bond motifs is 2. The van der Waals surface area contributed by atoms with Gasteiger partial charge in [-0.3, -0.25) is 9.38 Å². The van der Waals surface area contributed by atoms with E-state index in [2.05, 4.69) is 64.6 Å². The molecular weight excluding hydrogens is 434 g/mol. The Morgan fingerprint density at radius 1 is 1.00 bits per heavy atom. The van der Waals surface area contributed by atoms with E-state index in [4.69, 9.17) is 15.7 Å². The van der Waals surface area contributed by atoms with E-state index in [1.165, 1.54) is 5.56 Å². The summed E-state index contributed by atoms with van der Waals surface area (Å²) in [7, 11) is 4.27. The van der Waals surface area contributed by atoms with Gasteiger partial charge < -0.3 is 10.6 Å². The van der Waals surface area contributed by atoms with E-state index < -0.39 is 0 Å². The molecule has 1 aliphatic carbocycles. The highest BCUT2D eigenvalue weighted by Gasteiger charge is 2.34. The van der Waals surface area contributed by atoms with E-state index in [0.29, 0.717) is 17.7 Å². The van der Waals surface area contributed by atoms with Crippen molar-refractivity contribution in [3.63, 3.8) is 0 Å². The third-order valence-corrected chi connectivity index (χ3v) is 7.05. The lowest BCUT2D eigenvalue weighted by molar-refractivity contribution is 0.194. The zero-order valence-corrected chi connectivity index (χ0v) is 20.3. The van der Waals surface area contributed by atoms with Crippen LogP contribution in [0, 0.1) is 12.8 Å². The molecule has 4 heterocycles. The average Bonchev–Trinajstić information content (AvgIpc) is 3.21. The molecule has 0 radical (unpaired) electrons. The van der Waals surface area contributed by atoms with Gasteiger partial charge in [0, 0.05) is 42.0 Å². The van der Waals surface area contributed by atoms with Crippen LogP contribution in [0.25, 0.3) is 39.1 Å². The van der Waals surface area contributed by atoms with E-state index in [1.807, 2.05) is 24.4 Å². The first-order valence-electron chi connectivity index (χ1n) is 12.1. The maximum Gasteiger partial charge on any atom is 0.150 e. The Morgan fingerprint density at radius 2 is 1.86 bits per heavy atom. The third kappa shape index (κ3) is 3.82. The molecule has 7 heteroatoms. The number of imidazole rings is 1. The molecule has 7 nitrogen and oxygen atoms in total. The Hall–Kier alpha value is -3.84. The van der Waals surface area contributed by atoms with E-state index in [0.717, 1.165) is 64.3 Å². The lowest BCUT2D eigenvalue weighted by Gasteiger charge is -2.36. The van der Waals surface area contributed by atoms with Crippen molar-refractivity contribution in [3.8, 4) is 22.6 Å². The Morgan fingerprint density at radius 3 is 2.63 bits per heavy atom.